The number of amides is 1. The van der Waals surface area contributed by atoms with Crippen LogP contribution in [0.1, 0.15) is 15.9 Å². The third kappa shape index (κ3) is 5.29. The normalized spacial score (nSPS) is 10.7. The fourth-order valence-electron chi connectivity index (χ4n) is 4.00. The minimum Gasteiger partial charge on any atom is -0.497 e. The van der Waals surface area contributed by atoms with Gasteiger partial charge < -0.3 is 28.8 Å². The SMILES string of the molecule is COc1cc(NC(=O)Cn2cc(C(=O)c3ccc(F)cc3)c(=O)c3cc(OC)c(OC)cc32)cc(OC)c1. The molecule has 9 nitrogen and oxygen atoms in total. The van der Waals surface area contributed by atoms with Gasteiger partial charge in [0.15, 0.2) is 17.3 Å². The first-order valence-electron chi connectivity index (χ1n) is 11.4. The Morgan fingerprint density at radius 1 is 0.842 bits per heavy atom. The molecule has 0 unspecified atom stereocenters. The van der Waals surface area contributed by atoms with Crippen molar-refractivity contribution in [3.05, 3.63) is 88.0 Å². The summed E-state index contributed by atoms with van der Waals surface area (Å²) in [5.74, 6) is 0.0142. The molecule has 0 saturated carbocycles. The van der Waals surface area contributed by atoms with Gasteiger partial charge in [0.2, 0.25) is 11.3 Å². The summed E-state index contributed by atoms with van der Waals surface area (Å²) in [6.45, 7) is -0.254. The number of ether oxygens (including phenoxy) is 4. The number of fused-ring (bicyclic) bond motifs is 1. The van der Waals surface area contributed by atoms with E-state index in [0.29, 0.717) is 28.5 Å². The van der Waals surface area contributed by atoms with Crippen molar-refractivity contribution in [2.45, 2.75) is 6.54 Å². The number of rotatable bonds is 9. The third-order valence-corrected chi connectivity index (χ3v) is 5.89. The average molecular weight is 521 g/mol. The Bertz CT molecular complexity index is 1560. The summed E-state index contributed by atoms with van der Waals surface area (Å²) in [7, 11) is 5.86. The number of hydrogen-bond donors (Lipinski definition) is 1. The second-order valence-electron chi connectivity index (χ2n) is 8.21. The van der Waals surface area contributed by atoms with Gasteiger partial charge in [-0.3, -0.25) is 14.4 Å². The van der Waals surface area contributed by atoms with Crippen molar-refractivity contribution in [1.82, 2.24) is 4.57 Å². The Morgan fingerprint density at radius 3 is 2.03 bits per heavy atom. The van der Waals surface area contributed by atoms with Gasteiger partial charge in [0, 0.05) is 41.7 Å². The lowest BCUT2D eigenvalue weighted by molar-refractivity contribution is -0.116. The highest BCUT2D eigenvalue weighted by molar-refractivity contribution is 6.10. The van der Waals surface area contributed by atoms with Gasteiger partial charge in [-0.1, -0.05) is 0 Å². The third-order valence-electron chi connectivity index (χ3n) is 5.89. The number of methoxy groups -OCH3 is 4. The van der Waals surface area contributed by atoms with Crippen molar-refractivity contribution in [2.75, 3.05) is 33.8 Å². The van der Waals surface area contributed by atoms with Crippen LogP contribution < -0.4 is 29.7 Å². The van der Waals surface area contributed by atoms with Crippen LogP contribution in [-0.2, 0) is 11.3 Å². The van der Waals surface area contributed by atoms with Gasteiger partial charge in [0.25, 0.3) is 0 Å². The molecule has 0 spiro atoms. The number of carbonyl (C=O) groups excluding carboxylic acids is 2. The lowest BCUT2D eigenvalue weighted by Gasteiger charge is -2.16. The number of halogens is 1. The van der Waals surface area contributed by atoms with E-state index in [1.165, 1.54) is 57.4 Å². The highest BCUT2D eigenvalue weighted by Gasteiger charge is 2.21. The van der Waals surface area contributed by atoms with E-state index in [1.807, 2.05) is 0 Å². The standard InChI is InChI=1S/C28H25FN2O7/c1-35-19-9-18(10-20(11-19)36-2)30-26(32)15-31-14-22(27(33)16-5-7-17(29)8-6-16)28(34)21-12-24(37-3)25(38-4)13-23(21)31/h5-14H,15H2,1-4H3,(H,30,32). The second kappa shape index (κ2) is 11.0. The maximum Gasteiger partial charge on any atom is 0.244 e. The van der Waals surface area contributed by atoms with Crippen LogP contribution in [0, 0.1) is 5.82 Å². The first-order chi connectivity index (χ1) is 18.3. The Morgan fingerprint density at radius 2 is 1.45 bits per heavy atom. The van der Waals surface area contributed by atoms with Gasteiger partial charge in [-0.25, -0.2) is 4.39 Å². The van der Waals surface area contributed by atoms with Crippen LogP contribution in [0.3, 0.4) is 0 Å². The molecule has 0 atom stereocenters. The number of ketones is 1. The second-order valence-corrected chi connectivity index (χ2v) is 8.21. The Balaban J connectivity index is 1.81. The van der Waals surface area contributed by atoms with Gasteiger partial charge in [-0.15, -0.1) is 0 Å². The van der Waals surface area contributed by atoms with Gasteiger partial charge in [0.1, 0.15) is 23.9 Å². The van der Waals surface area contributed by atoms with Gasteiger partial charge in [0.05, 0.1) is 44.9 Å². The number of aromatic nitrogens is 1. The van der Waals surface area contributed by atoms with E-state index >= 15 is 0 Å². The predicted octanol–water partition coefficient (Wildman–Crippen LogP) is 4.04. The summed E-state index contributed by atoms with van der Waals surface area (Å²) in [6, 6.07) is 12.8. The molecule has 196 valence electrons. The van der Waals surface area contributed by atoms with E-state index in [-0.39, 0.29) is 28.8 Å². The number of anilines is 1. The Labute approximate surface area is 217 Å². The molecule has 0 bridgehead atoms. The number of hydrogen-bond acceptors (Lipinski definition) is 7. The molecule has 1 amide bonds. The molecule has 4 rings (SSSR count). The highest BCUT2D eigenvalue weighted by Crippen LogP contribution is 2.31. The Hall–Kier alpha value is -4.86. The van der Waals surface area contributed by atoms with Crippen molar-refractivity contribution < 1.29 is 32.9 Å². The number of nitrogens with zero attached hydrogens (tertiary/aromatic N) is 1. The van der Waals surface area contributed by atoms with Crippen molar-refractivity contribution >= 4 is 28.3 Å². The maximum atomic E-state index is 13.4. The average Bonchev–Trinajstić information content (AvgIpc) is 2.93. The van der Waals surface area contributed by atoms with E-state index < -0.39 is 22.9 Å². The summed E-state index contributed by atoms with van der Waals surface area (Å²) >= 11 is 0. The summed E-state index contributed by atoms with van der Waals surface area (Å²) in [5.41, 5.74) is 0.152. The summed E-state index contributed by atoms with van der Waals surface area (Å²) in [4.78, 5) is 39.8. The molecule has 1 aromatic heterocycles. The lowest BCUT2D eigenvalue weighted by Crippen LogP contribution is -2.24. The molecule has 1 heterocycles. The minimum atomic E-state index is -0.613. The smallest absolute Gasteiger partial charge is 0.244 e. The van der Waals surface area contributed by atoms with Crippen molar-refractivity contribution in [1.29, 1.82) is 0 Å². The van der Waals surface area contributed by atoms with E-state index in [9.17, 15) is 18.8 Å². The number of benzene rings is 3. The zero-order chi connectivity index (χ0) is 27.4. The van der Waals surface area contributed by atoms with Crippen LogP contribution in [0.2, 0.25) is 0 Å². The molecule has 0 aliphatic heterocycles. The fraction of sp³-hybridized carbons (Fsp3) is 0.179. The molecule has 4 aromatic rings. The van der Waals surface area contributed by atoms with Crippen molar-refractivity contribution in [3.63, 3.8) is 0 Å². The molecular weight excluding hydrogens is 495 g/mol. The summed E-state index contributed by atoms with van der Waals surface area (Å²) in [6.07, 6.45) is 1.31. The topological polar surface area (TPSA) is 105 Å². The van der Waals surface area contributed by atoms with Crippen LogP contribution >= 0.6 is 0 Å². The van der Waals surface area contributed by atoms with Crippen molar-refractivity contribution in [2.24, 2.45) is 0 Å². The van der Waals surface area contributed by atoms with Crippen molar-refractivity contribution in [3.8, 4) is 23.0 Å². The molecule has 10 heteroatoms. The van der Waals surface area contributed by atoms with Crippen LogP contribution in [0.4, 0.5) is 10.1 Å². The molecule has 0 aliphatic carbocycles. The van der Waals surface area contributed by atoms with E-state index in [4.69, 9.17) is 18.9 Å². The predicted molar refractivity (Wildman–Crippen MR) is 139 cm³/mol. The molecule has 0 radical (unpaired) electrons. The zero-order valence-corrected chi connectivity index (χ0v) is 21.2. The van der Waals surface area contributed by atoms with Gasteiger partial charge in [-0.05, 0) is 30.3 Å². The van der Waals surface area contributed by atoms with Crippen LogP contribution in [0.15, 0.2) is 65.6 Å². The minimum absolute atomic E-state index is 0.128. The molecule has 3 aromatic carbocycles. The summed E-state index contributed by atoms with van der Waals surface area (Å²) < 4.78 is 36.1. The Kier molecular flexibility index (Phi) is 7.61. The quantitative estimate of drug-likeness (QED) is 0.332. The van der Waals surface area contributed by atoms with E-state index in [1.54, 1.807) is 24.3 Å². The molecule has 0 saturated heterocycles. The van der Waals surface area contributed by atoms with E-state index in [0.717, 1.165) is 12.1 Å². The largest absolute Gasteiger partial charge is 0.497 e. The first kappa shape index (κ1) is 26.2. The van der Waals surface area contributed by atoms with E-state index in [2.05, 4.69) is 5.32 Å². The van der Waals surface area contributed by atoms with Gasteiger partial charge >= 0.3 is 0 Å². The monoisotopic (exact) mass is 520 g/mol. The summed E-state index contributed by atoms with van der Waals surface area (Å²) in [5, 5.41) is 2.92. The lowest BCUT2D eigenvalue weighted by atomic mass is 10.0. The molecule has 0 fully saturated rings. The molecular formula is C28H25FN2O7. The maximum absolute atomic E-state index is 13.4. The number of pyridine rings is 1. The van der Waals surface area contributed by atoms with Crippen LogP contribution in [0.25, 0.3) is 10.9 Å². The van der Waals surface area contributed by atoms with Gasteiger partial charge in [-0.2, -0.15) is 0 Å². The van der Waals surface area contributed by atoms with Crippen LogP contribution in [0.5, 0.6) is 23.0 Å². The molecule has 38 heavy (non-hydrogen) atoms. The number of nitrogens with one attached hydrogen (secondary N) is 1. The first-order valence-corrected chi connectivity index (χ1v) is 11.4. The molecule has 0 aliphatic rings. The zero-order valence-electron chi connectivity index (χ0n) is 21.2. The number of carbonyl (C=O) groups is 2. The molecule has 1 N–H and O–H groups in total. The fourth-order valence-corrected chi connectivity index (χ4v) is 4.00. The highest BCUT2D eigenvalue weighted by atomic mass is 19.1. The van der Waals surface area contributed by atoms with Crippen LogP contribution in [-0.4, -0.2) is 44.7 Å².